The van der Waals surface area contributed by atoms with Crippen molar-refractivity contribution in [1.82, 2.24) is 20.0 Å². The predicted octanol–water partition coefficient (Wildman–Crippen LogP) is 2.29. The summed E-state index contributed by atoms with van der Waals surface area (Å²) in [6.07, 6.45) is -4.32. The Morgan fingerprint density at radius 1 is 1.43 bits per heavy atom. The van der Waals surface area contributed by atoms with E-state index in [1.54, 1.807) is 24.7 Å². The summed E-state index contributed by atoms with van der Waals surface area (Å²) in [5.74, 6) is 0.369. The molecule has 0 aliphatic rings. The summed E-state index contributed by atoms with van der Waals surface area (Å²) in [7, 11) is 1.71. The summed E-state index contributed by atoms with van der Waals surface area (Å²) in [4.78, 5) is 11.8. The number of rotatable bonds is 6. The molecule has 0 spiro atoms. The molecule has 2 aromatic rings. The molecule has 0 bridgehead atoms. The molecule has 12 heteroatoms. The van der Waals surface area contributed by atoms with E-state index in [9.17, 15) is 18.0 Å². The molecule has 1 amide bonds. The molecule has 0 atom stereocenters. The maximum Gasteiger partial charge on any atom is 0.405 e. The number of hydrogen-bond acceptors (Lipinski definition) is 7. The highest BCUT2D eigenvalue weighted by Crippen LogP contribution is 2.26. The monoisotopic (exact) mass is 366 g/mol. The molecule has 2 rings (SSSR count). The highest BCUT2D eigenvalue weighted by molar-refractivity contribution is 8.01. The van der Waals surface area contributed by atoms with Crippen LogP contribution in [-0.4, -0.2) is 44.4 Å². The van der Waals surface area contributed by atoms with Crippen LogP contribution in [0.3, 0.4) is 0 Å². The molecule has 7 nitrogen and oxygen atoms in total. The average molecular weight is 366 g/mol. The number of aryl methyl sites for hydroxylation is 2. The molecule has 0 aliphatic carbocycles. The molecule has 2 aromatic heterocycles. The van der Waals surface area contributed by atoms with Crippen LogP contribution in [0.1, 0.15) is 5.69 Å². The number of aromatic nitrogens is 4. The lowest BCUT2D eigenvalue weighted by atomic mass is 10.4. The van der Waals surface area contributed by atoms with Gasteiger partial charge in [-0.15, -0.1) is 10.2 Å². The summed E-state index contributed by atoms with van der Waals surface area (Å²) >= 11 is 2.06. The lowest BCUT2D eigenvalue weighted by molar-refractivity contribution is -0.115. The van der Waals surface area contributed by atoms with Crippen molar-refractivity contribution in [1.29, 1.82) is 0 Å². The Labute approximate surface area is 137 Å². The summed E-state index contributed by atoms with van der Waals surface area (Å²) in [5, 5.41) is 16.3. The molecular weight excluding hydrogens is 353 g/mol. The average Bonchev–Trinajstić information content (AvgIpc) is 3.00. The zero-order valence-electron chi connectivity index (χ0n) is 12.1. The predicted molar refractivity (Wildman–Crippen MR) is 81.8 cm³/mol. The van der Waals surface area contributed by atoms with Crippen molar-refractivity contribution in [2.45, 2.75) is 17.4 Å². The van der Waals surface area contributed by atoms with Gasteiger partial charge in [-0.25, -0.2) is 0 Å². The Kier molecular flexibility index (Phi) is 5.46. The Balaban J connectivity index is 1.80. The van der Waals surface area contributed by atoms with Crippen LogP contribution in [0.15, 0.2) is 10.4 Å². The fourth-order valence-corrected chi connectivity index (χ4v) is 3.10. The Morgan fingerprint density at radius 2 is 2.17 bits per heavy atom. The van der Waals surface area contributed by atoms with Crippen LogP contribution in [0.2, 0.25) is 0 Å². The highest BCUT2D eigenvalue weighted by atomic mass is 32.2. The number of nitrogens with one attached hydrogen (secondary N) is 2. The fraction of sp³-hybridized carbons (Fsp3) is 0.455. The van der Waals surface area contributed by atoms with Gasteiger partial charge >= 0.3 is 6.18 Å². The van der Waals surface area contributed by atoms with Crippen molar-refractivity contribution in [3.8, 4) is 0 Å². The number of carbonyl (C=O) groups excluding carboxylic acids is 1. The maximum atomic E-state index is 12.1. The number of thioether (sulfide) groups is 1. The van der Waals surface area contributed by atoms with Gasteiger partial charge in [0.15, 0.2) is 4.34 Å². The van der Waals surface area contributed by atoms with Crippen LogP contribution < -0.4 is 10.6 Å². The minimum atomic E-state index is -4.32. The fourth-order valence-electron chi connectivity index (χ4n) is 1.55. The van der Waals surface area contributed by atoms with Crippen LogP contribution >= 0.6 is 23.1 Å². The minimum absolute atomic E-state index is 0.0625. The van der Waals surface area contributed by atoms with E-state index in [1.165, 1.54) is 0 Å². The van der Waals surface area contributed by atoms with Gasteiger partial charge in [-0.1, -0.05) is 23.1 Å². The van der Waals surface area contributed by atoms with E-state index < -0.39 is 12.7 Å². The standard InChI is InChI=1S/C11H13F3N6OS2/c1-6-3-7(20(2)19-6)16-8(21)4-22-10-18-17-9(23-10)15-5-11(12,13)14/h3H,4-5H2,1-2H3,(H,15,17)(H,16,21). The first-order valence-corrected chi connectivity index (χ1v) is 8.10. The van der Waals surface area contributed by atoms with Crippen LogP contribution in [0, 0.1) is 6.92 Å². The van der Waals surface area contributed by atoms with Gasteiger partial charge in [0.2, 0.25) is 11.0 Å². The number of amides is 1. The number of alkyl halides is 3. The number of halogens is 3. The molecular formula is C11H13F3N6OS2. The summed E-state index contributed by atoms with van der Waals surface area (Å²) in [6, 6.07) is 1.73. The van der Waals surface area contributed by atoms with E-state index in [-0.39, 0.29) is 16.8 Å². The summed E-state index contributed by atoms with van der Waals surface area (Å²) in [5.41, 5.74) is 0.778. The molecule has 126 valence electrons. The second kappa shape index (κ2) is 7.17. The van der Waals surface area contributed by atoms with E-state index in [0.29, 0.717) is 10.2 Å². The molecule has 2 N–H and O–H groups in total. The highest BCUT2D eigenvalue weighted by Gasteiger charge is 2.27. The van der Waals surface area contributed by atoms with E-state index in [1.807, 2.05) is 0 Å². The topological polar surface area (TPSA) is 84.7 Å². The smallest absolute Gasteiger partial charge is 0.351 e. The largest absolute Gasteiger partial charge is 0.405 e. The number of nitrogens with zero attached hydrogens (tertiary/aromatic N) is 4. The van der Waals surface area contributed by atoms with Crippen LogP contribution in [0.5, 0.6) is 0 Å². The molecule has 0 fully saturated rings. The van der Waals surface area contributed by atoms with Gasteiger partial charge in [0.1, 0.15) is 12.4 Å². The summed E-state index contributed by atoms with van der Waals surface area (Å²) < 4.78 is 38.2. The maximum absolute atomic E-state index is 12.1. The van der Waals surface area contributed by atoms with Crippen molar-refractivity contribution in [2.24, 2.45) is 7.05 Å². The number of hydrogen-bond donors (Lipinski definition) is 2. The second-order valence-electron chi connectivity index (χ2n) is 4.47. The first-order valence-electron chi connectivity index (χ1n) is 6.30. The Morgan fingerprint density at radius 3 is 2.78 bits per heavy atom. The molecule has 23 heavy (non-hydrogen) atoms. The van der Waals surface area contributed by atoms with Crippen LogP contribution in [0.25, 0.3) is 0 Å². The van der Waals surface area contributed by atoms with Crippen molar-refractivity contribution >= 4 is 40.0 Å². The summed E-state index contributed by atoms with van der Waals surface area (Å²) in [6.45, 7) is 0.633. The molecule has 2 heterocycles. The third kappa shape index (κ3) is 5.71. The van der Waals surface area contributed by atoms with E-state index in [0.717, 1.165) is 28.8 Å². The van der Waals surface area contributed by atoms with E-state index >= 15 is 0 Å². The quantitative estimate of drug-likeness (QED) is 0.763. The molecule has 0 unspecified atom stereocenters. The Bertz CT molecular complexity index is 684. The van der Waals surface area contributed by atoms with Crippen molar-refractivity contribution in [3.63, 3.8) is 0 Å². The Hall–Kier alpha value is -1.82. The third-order valence-corrected chi connectivity index (χ3v) is 4.46. The van der Waals surface area contributed by atoms with Crippen molar-refractivity contribution in [2.75, 3.05) is 22.9 Å². The first-order chi connectivity index (χ1) is 10.7. The molecule has 0 radical (unpaired) electrons. The van der Waals surface area contributed by atoms with Crippen molar-refractivity contribution < 1.29 is 18.0 Å². The van der Waals surface area contributed by atoms with E-state index in [2.05, 4.69) is 25.9 Å². The molecule has 0 aromatic carbocycles. The van der Waals surface area contributed by atoms with Gasteiger partial charge in [-0.05, 0) is 6.92 Å². The van der Waals surface area contributed by atoms with Crippen molar-refractivity contribution in [3.05, 3.63) is 11.8 Å². The minimum Gasteiger partial charge on any atom is -0.351 e. The van der Waals surface area contributed by atoms with Gasteiger partial charge in [0.25, 0.3) is 0 Å². The van der Waals surface area contributed by atoms with Gasteiger partial charge in [0, 0.05) is 13.1 Å². The lowest BCUT2D eigenvalue weighted by Gasteiger charge is -2.05. The van der Waals surface area contributed by atoms with Gasteiger partial charge < -0.3 is 10.6 Å². The number of anilines is 2. The molecule has 0 saturated carbocycles. The second-order valence-corrected chi connectivity index (χ2v) is 6.67. The van der Waals surface area contributed by atoms with Gasteiger partial charge in [-0.3, -0.25) is 9.48 Å². The van der Waals surface area contributed by atoms with Gasteiger partial charge in [0.05, 0.1) is 11.4 Å². The third-order valence-electron chi connectivity index (χ3n) is 2.44. The number of carbonyl (C=O) groups is 1. The zero-order chi connectivity index (χ0) is 17.0. The lowest BCUT2D eigenvalue weighted by Crippen LogP contribution is -2.21. The van der Waals surface area contributed by atoms with Crippen LogP contribution in [-0.2, 0) is 11.8 Å². The SMILES string of the molecule is Cc1cc(NC(=O)CSc2nnc(NCC(F)(F)F)s2)n(C)n1. The first kappa shape index (κ1) is 17.5. The normalized spacial score (nSPS) is 11.5. The van der Waals surface area contributed by atoms with Crippen LogP contribution in [0.4, 0.5) is 24.1 Å². The van der Waals surface area contributed by atoms with Gasteiger partial charge in [-0.2, -0.15) is 18.3 Å². The molecule has 0 saturated heterocycles. The zero-order valence-corrected chi connectivity index (χ0v) is 13.8. The van der Waals surface area contributed by atoms with E-state index in [4.69, 9.17) is 0 Å². The molecule has 0 aliphatic heterocycles.